The molecule has 0 bridgehead atoms. The minimum atomic E-state index is -3.24. The van der Waals surface area contributed by atoms with Gasteiger partial charge in [-0.1, -0.05) is 71.6 Å². The molecule has 0 heterocycles. The first kappa shape index (κ1) is 22.8. The molecular formula is C21H37NO3S. The van der Waals surface area contributed by atoms with E-state index in [-0.39, 0.29) is 5.75 Å². The number of hydrogen-bond donors (Lipinski definition) is 1. The van der Waals surface area contributed by atoms with E-state index in [9.17, 15) is 8.42 Å². The van der Waals surface area contributed by atoms with Crippen molar-refractivity contribution in [2.24, 2.45) is 0 Å². The molecule has 0 spiro atoms. The van der Waals surface area contributed by atoms with Gasteiger partial charge in [0.25, 0.3) is 0 Å². The average Bonchev–Trinajstić information content (AvgIpc) is 2.63. The molecule has 5 heteroatoms. The number of sulfonamides is 1. The molecule has 150 valence electrons. The molecule has 26 heavy (non-hydrogen) atoms. The molecule has 1 rings (SSSR count). The van der Waals surface area contributed by atoms with Crippen molar-refractivity contribution in [3.63, 3.8) is 0 Å². The quantitative estimate of drug-likeness (QED) is 0.349. The zero-order valence-corrected chi connectivity index (χ0v) is 17.5. The van der Waals surface area contributed by atoms with E-state index in [2.05, 4.69) is 11.6 Å². The normalized spacial score (nSPS) is 11.5. The largest absolute Gasteiger partial charge is 0.494 e. The zero-order chi connectivity index (χ0) is 19.1. The van der Waals surface area contributed by atoms with E-state index in [4.69, 9.17) is 4.74 Å². The van der Waals surface area contributed by atoms with Gasteiger partial charge in [-0.05, 0) is 37.1 Å². The Kier molecular flexibility index (Phi) is 12.2. The van der Waals surface area contributed by atoms with E-state index in [1.54, 1.807) is 12.1 Å². The lowest BCUT2D eigenvalue weighted by atomic mass is 10.1. The summed E-state index contributed by atoms with van der Waals surface area (Å²) in [5.41, 5.74) is 0.594. The van der Waals surface area contributed by atoms with Gasteiger partial charge in [0.2, 0.25) is 10.0 Å². The third-order valence-electron chi connectivity index (χ3n) is 4.41. The summed E-state index contributed by atoms with van der Waals surface area (Å²) in [5, 5.41) is 0. The smallest absolute Gasteiger partial charge is 0.232 e. The van der Waals surface area contributed by atoms with Crippen LogP contribution in [0.1, 0.15) is 84.5 Å². The van der Waals surface area contributed by atoms with Crippen LogP contribution in [0.3, 0.4) is 0 Å². The van der Waals surface area contributed by atoms with Crippen LogP contribution in [0.4, 0.5) is 5.69 Å². The minimum absolute atomic E-state index is 0.167. The van der Waals surface area contributed by atoms with E-state index in [1.165, 1.54) is 51.4 Å². The second-order valence-corrected chi connectivity index (χ2v) is 8.82. The van der Waals surface area contributed by atoms with Gasteiger partial charge in [0, 0.05) is 5.69 Å². The third-order valence-corrected chi connectivity index (χ3v) is 5.78. The van der Waals surface area contributed by atoms with Crippen LogP contribution in [0, 0.1) is 0 Å². The van der Waals surface area contributed by atoms with Crippen molar-refractivity contribution in [3.8, 4) is 5.75 Å². The highest BCUT2D eigenvalue weighted by atomic mass is 32.2. The molecule has 0 fully saturated rings. The van der Waals surface area contributed by atoms with Gasteiger partial charge in [-0.15, -0.1) is 0 Å². The summed E-state index contributed by atoms with van der Waals surface area (Å²) in [6, 6.07) is 7.17. The molecule has 0 radical (unpaired) electrons. The van der Waals surface area contributed by atoms with E-state index in [0.29, 0.717) is 12.1 Å². The maximum absolute atomic E-state index is 11.9. The molecule has 0 amide bonds. The molecule has 1 aromatic rings. The van der Waals surface area contributed by atoms with Crippen molar-refractivity contribution in [2.45, 2.75) is 84.5 Å². The summed E-state index contributed by atoms with van der Waals surface area (Å²) in [6.45, 7) is 4.95. The fourth-order valence-corrected chi connectivity index (χ4v) is 4.05. The van der Waals surface area contributed by atoms with Gasteiger partial charge in [-0.3, -0.25) is 4.72 Å². The number of hydrogen-bond acceptors (Lipinski definition) is 3. The molecule has 0 aliphatic rings. The third kappa shape index (κ3) is 11.4. The fraction of sp³-hybridized carbons (Fsp3) is 0.714. The SMILES string of the molecule is CCCCCCCCCCCOc1ccc(NS(=O)(=O)CCCC)cc1. The monoisotopic (exact) mass is 383 g/mol. The molecule has 0 aromatic heterocycles. The van der Waals surface area contributed by atoms with E-state index in [1.807, 2.05) is 19.1 Å². The number of ether oxygens (including phenoxy) is 1. The Morgan fingerprint density at radius 3 is 1.88 bits per heavy atom. The van der Waals surface area contributed by atoms with Crippen molar-refractivity contribution >= 4 is 15.7 Å². The highest BCUT2D eigenvalue weighted by molar-refractivity contribution is 7.92. The van der Waals surface area contributed by atoms with Crippen LogP contribution < -0.4 is 9.46 Å². The van der Waals surface area contributed by atoms with E-state index in [0.717, 1.165) is 25.2 Å². The van der Waals surface area contributed by atoms with E-state index >= 15 is 0 Å². The highest BCUT2D eigenvalue weighted by Crippen LogP contribution is 2.18. The first-order chi connectivity index (χ1) is 12.6. The summed E-state index contributed by atoms with van der Waals surface area (Å²) in [6.07, 6.45) is 13.2. The second-order valence-electron chi connectivity index (χ2n) is 6.98. The van der Waals surface area contributed by atoms with Crippen LogP contribution in [0.15, 0.2) is 24.3 Å². The molecule has 1 aromatic carbocycles. The van der Waals surface area contributed by atoms with Crippen molar-refractivity contribution in [2.75, 3.05) is 17.1 Å². The van der Waals surface area contributed by atoms with Gasteiger partial charge in [-0.2, -0.15) is 0 Å². The van der Waals surface area contributed by atoms with Gasteiger partial charge in [0.15, 0.2) is 0 Å². The maximum Gasteiger partial charge on any atom is 0.232 e. The summed E-state index contributed by atoms with van der Waals surface area (Å²) in [4.78, 5) is 0. The zero-order valence-electron chi connectivity index (χ0n) is 16.6. The van der Waals surface area contributed by atoms with Crippen LogP contribution in [0.5, 0.6) is 5.75 Å². The lowest BCUT2D eigenvalue weighted by molar-refractivity contribution is 0.304. The Labute approximate surface area is 160 Å². The van der Waals surface area contributed by atoms with Crippen molar-refractivity contribution in [1.29, 1.82) is 0 Å². The maximum atomic E-state index is 11.9. The first-order valence-corrected chi connectivity index (χ1v) is 12.0. The Balaban J connectivity index is 2.13. The molecular weight excluding hydrogens is 346 g/mol. The Morgan fingerprint density at radius 1 is 0.769 bits per heavy atom. The predicted octanol–water partition coefficient (Wildman–Crippen LogP) is 6.14. The summed E-state index contributed by atoms with van der Waals surface area (Å²) in [7, 11) is -3.24. The molecule has 1 N–H and O–H groups in total. The van der Waals surface area contributed by atoms with Crippen molar-refractivity contribution < 1.29 is 13.2 Å². The van der Waals surface area contributed by atoms with Crippen molar-refractivity contribution in [1.82, 2.24) is 0 Å². The summed E-state index contributed by atoms with van der Waals surface area (Å²) in [5.74, 6) is 0.960. The van der Waals surface area contributed by atoms with Gasteiger partial charge >= 0.3 is 0 Å². The Hall–Kier alpha value is -1.23. The molecule has 0 unspecified atom stereocenters. The lowest BCUT2D eigenvalue weighted by Crippen LogP contribution is -2.16. The number of anilines is 1. The van der Waals surface area contributed by atoms with Gasteiger partial charge in [-0.25, -0.2) is 8.42 Å². The van der Waals surface area contributed by atoms with Crippen LogP contribution >= 0.6 is 0 Å². The molecule has 0 atom stereocenters. The Bertz CT molecular complexity index is 555. The van der Waals surface area contributed by atoms with Crippen LogP contribution in [-0.4, -0.2) is 20.8 Å². The van der Waals surface area contributed by atoms with Crippen molar-refractivity contribution in [3.05, 3.63) is 24.3 Å². The Morgan fingerprint density at radius 2 is 1.31 bits per heavy atom. The number of unbranched alkanes of at least 4 members (excludes halogenated alkanes) is 9. The minimum Gasteiger partial charge on any atom is -0.494 e. The summed E-state index contributed by atoms with van der Waals surface area (Å²) >= 11 is 0. The molecule has 4 nitrogen and oxygen atoms in total. The van der Waals surface area contributed by atoms with Gasteiger partial charge < -0.3 is 4.74 Å². The highest BCUT2D eigenvalue weighted by Gasteiger charge is 2.09. The molecule has 0 aliphatic heterocycles. The number of benzene rings is 1. The van der Waals surface area contributed by atoms with Crippen LogP contribution in [-0.2, 0) is 10.0 Å². The van der Waals surface area contributed by atoms with Gasteiger partial charge in [0.05, 0.1) is 12.4 Å². The molecule has 0 saturated carbocycles. The standard InChI is InChI=1S/C21H37NO3S/c1-3-5-7-8-9-10-11-12-13-18-25-21-16-14-20(15-17-21)22-26(23,24)19-6-4-2/h14-17,22H,3-13,18-19H2,1-2H3. The topological polar surface area (TPSA) is 55.4 Å². The van der Waals surface area contributed by atoms with Crippen LogP contribution in [0.2, 0.25) is 0 Å². The van der Waals surface area contributed by atoms with Gasteiger partial charge in [0.1, 0.15) is 5.75 Å². The number of nitrogens with one attached hydrogen (secondary N) is 1. The molecule has 0 aliphatic carbocycles. The van der Waals surface area contributed by atoms with E-state index < -0.39 is 10.0 Å². The number of rotatable bonds is 16. The van der Waals surface area contributed by atoms with Crippen LogP contribution in [0.25, 0.3) is 0 Å². The lowest BCUT2D eigenvalue weighted by Gasteiger charge is -2.09. The second kappa shape index (κ2) is 13.9. The fourth-order valence-electron chi connectivity index (χ4n) is 2.79. The average molecular weight is 384 g/mol. The molecule has 0 saturated heterocycles. The first-order valence-electron chi connectivity index (χ1n) is 10.3. The predicted molar refractivity (Wildman–Crippen MR) is 111 cm³/mol. The summed E-state index contributed by atoms with van der Waals surface area (Å²) < 4.78 is 32.1.